The van der Waals surface area contributed by atoms with Gasteiger partial charge in [0.15, 0.2) is 5.13 Å². The van der Waals surface area contributed by atoms with Crippen LogP contribution in [-0.4, -0.2) is 28.4 Å². The third-order valence-electron chi connectivity index (χ3n) is 5.84. The summed E-state index contributed by atoms with van der Waals surface area (Å²) in [6, 6.07) is 16.8. The summed E-state index contributed by atoms with van der Waals surface area (Å²) < 4.78 is 20.0. The van der Waals surface area contributed by atoms with Gasteiger partial charge in [0.2, 0.25) is 0 Å². The minimum atomic E-state index is -0.969. The molecule has 1 fully saturated rings. The van der Waals surface area contributed by atoms with Crippen LogP contribution in [0.3, 0.4) is 0 Å². The molecule has 0 bridgehead atoms. The summed E-state index contributed by atoms with van der Waals surface area (Å²) in [5.74, 6) is -2.03. The van der Waals surface area contributed by atoms with E-state index in [-0.39, 0.29) is 17.7 Å². The zero-order valence-electron chi connectivity index (χ0n) is 19.3. The fourth-order valence-electron chi connectivity index (χ4n) is 4.16. The molecule has 3 aromatic carbocycles. The van der Waals surface area contributed by atoms with Gasteiger partial charge in [0.05, 0.1) is 21.8 Å². The molecular formula is C28H21FN2O4S. The zero-order chi connectivity index (χ0) is 25.4. The van der Waals surface area contributed by atoms with E-state index >= 15 is 0 Å². The number of thiazole rings is 1. The predicted octanol–water partition coefficient (Wildman–Crippen LogP) is 5.93. The van der Waals surface area contributed by atoms with Crippen molar-refractivity contribution in [2.45, 2.75) is 13.0 Å². The van der Waals surface area contributed by atoms with E-state index in [1.807, 2.05) is 25.1 Å². The van der Waals surface area contributed by atoms with Crippen LogP contribution < -0.4 is 9.64 Å². The van der Waals surface area contributed by atoms with Crippen LogP contribution in [0.4, 0.5) is 9.52 Å². The number of hydrogen-bond donors (Lipinski definition) is 1. The SMILES string of the molecule is C=CCOc1cccc(C2C(=C(O)c3ccc(F)cc3)C(=O)C(=O)N2c2nc3ccc(C)cc3s2)c1. The lowest BCUT2D eigenvalue weighted by Gasteiger charge is -2.23. The highest BCUT2D eigenvalue weighted by atomic mass is 32.1. The number of aryl methyl sites for hydroxylation is 1. The van der Waals surface area contributed by atoms with Crippen molar-refractivity contribution in [3.63, 3.8) is 0 Å². The first-order valence-electron chi connectivity index (χ1n) is 11.1. The van der Waals surface area contributed by atoms with Crippen LogP contribution in [0, 0.1) is 12.7 Å². The van der Waals surface area contributed by atoms with E-state index in [0.717, 1.165) is 10.3 Å². The number of ketones is 1. The van der Waals surface area contributed by atoms with Gasteiger partial charge in [-0.2, -0.15) is 0 Å². The largest absolute Gasteiger partial charge is 0.507 e. The maximum Gasteiger partial charge on any atom is 0.301 e. The number of anilines is 1. The predicted molar refractivity (Wildman–Crippen MR) is 138 cm³/mol. The average Bonchev–Trinajstić information content (AvgIpc) is 3.40. The number of nitrogens with zero attached hydrogens (tertiary/aromatic N) is 2. The van der Waals surface area contributed by atoms with Gasteiger partial charge in [-0.3, -0.25) is 14.5 Å². The molecule has 0 saturated carbocycles. The van der Waals surface area contributed by atoms with Gasteiger partial charge in [-0.25, -0.2) is 9.37 Å². The number of halogens is 1. The number of aliphatic hydroxyl groups excluding tert-OH is 1. The highest BCUT2D eigenvalue weighted by Gasteiger charge is 2.48. The highest BCUT2D eigenvalue weighted by molar-refractivity contribution is 7.22. The molecule has 1 aromatic heterocycles. The molecule has 5 rings (SSSR count). The van der Waals surface area contributed by atoms with Gasteiger partial charge in [-0.1, -0.05) is 42.2 Å². The molecule has 0 aliphatic carbocycles. The van der Waals surface area contributed by atoms with Crippen molar-refractivity contribution in [2.75, 3.05) is 11.5 Å². The first-order chi connectivity index (χ1) is 17.4. The number of carbonyl (C=O) groups is 2. The molecule has 0 radical (unpaired) electrons. The number of carbonyl (C=O) groups excluding carboxylic acids is 2. The van der Waals surface area contributed by atoms with Crippen molar-refractivity contribution in [3.05, 3.63) is 107 Å². The number of hydrogen-bond acceptors (Lipinski definition) is 6. The molecule has 1 amide bonds. The third kappa shape index (κ3) is 4.16. The molecule has 8 heteroatoms. The number of ether oxygens (including phenoxy) is 1. The second-order valence-electron chi connectivity index (χ2n) is 8.32. The Morgan fingerprint density at radius 3 is 2.69 bits per heavy atom. The zero-order valence-corrected chi connectivity index (χ0v) is 20.1. The Morgan fingerprint density at radius 2 is 1.94 bits per heavy atom. The van der Waals surface area contributed by atoms with Gasteiger partial charge in [0.25, 0.3) is 5.78 Å². The summed E-state index contributed by atoms with van der Waals surface area (Å²) in [7, 11) is 0. The Morgan fingerprint density at radius 1 is 1.17 bits per heavy atom. The summed E-state index contributed by atoms with van der Waals surface area (Å²) in [5, 5.41) is 11.5. The summed E-state index contributed by atoms with van der Waals surface area (Å²) in [5.41, 5.74) is 2.40. The highest BCUT2D eigenvalue weighted by Crippen LogP contribution is 2.44. The van der Waals surface area contributed by atoms with E-state index in [1.165, 1.54) is 40.5 Å². The summed E-state index contributed by atoms with van der Waals surface area (Å²) >= 11 is 1.29. The Labute approximate surface area is 210 Å². The number of Topliss-reactive ketones (excluding diaryl/α,β-unsaturated/α-hetero) is 1. The standard InChI is InChI=1S/C28H21FN2O4S/c1-3-13-35-20-6-4-5-18(15-20)24-23(25(32)17-8-10-19(29)11-9-17)26(33)27(34)31(24)28-30-21-12-7-16(2)14-22(21)36-28/h3-12,14-15,24,32H,1,13H2,2H3. The average molecular weight is 501 g/mol. The molecule has 4 aromatic rings. The van der Waals surface area contributed by atoms with E-state index in [1.54, 1.807) is 30.3 Å². The van der Waals surface area contributed by atoms with E-state index < -0.39 is 29.3 Å². The van der Waals surface area contributed by atoms with Crippen LogP contribution in [0.15, 0.2) is 85.0 Å². The van der Waals surface area contributed by atoms with Gasteiger partial charge in [0, 0.05) is 5.56 Å². The summed E-state index contributed by atoms with van der Waals surface area (Å²) in [6.07, 6.45) is 1.61. The minimum absolute atomic E-state index is 0.108. The van der Waals surface area contributed by atoms with Crippen LogP contribution in [-0.2, 0) is 9.59 Å². The Kier molecular flexibility index (Phi) is 6.12. The monoisotopic (exact) mass is 500 g/mol. The van der Waals surface area contributed by atoms with Gasteiger partial charge < -0.3 is 9.84 Å². The van der Waals surface area contributed by atoms with Crippen LogP contribution in [0.2, 0.25) is 0 Å². The molecule has 1 atom stereocenters. The van der Waals surface area contributed by atoms with Crippen LogP contribution >= 0.6 is 11.3 Å². The molecule has 6 nitrogen and oxygen atoms in total. The number of benzene rings is 3. The number of amides is 1. The summed E-state index contributed by atoms with van der Waals surface area (Å²) in [4.78, 5) is 32.6. The Bertz CT molecular complexity index is 1540. The fraction of sp³-hybridized carbons (Fsp3) is 0.107. The van der Waals surface area contributed by atoms with Crippen molar-refractivity contribution in [1.29, 1.82) is 0 Å². The molecule has 1 aliphatic rings. The lowest BCUT2D eigenvalue weighted by molar-refractivity contribution is -0.132. The van der Waals surface area contributed by atoms with Gasteiger partial charge in [-0.05, 0) is 66.6 Å². The maximum absolute atomic E-state index is 13.5. The third-order valence-corrected chi connectivity index (χ3v) is 6.86. The van der Waals surface area contributed by atoms with Crippen LogP contribution in [0.5, 0.6) is 5.75 Å². The molecular weight excluding hydrogens is 479 g/mol. The Balaban J connectivity index is 1.71. The van der Waals surface area contributed by atoms with E-state index in [4.69, 9.17) is 4.74 Å². The molecule has 0 spiro atoms. The van der Waals surface area contributed by atoms with Crippen LogP contribution in [0.25, 0.3) is 16.0 Å². The Hall–Kier alpha value is -4.30. The van der Waals surface area contributed by atoms with E-state index in [0.29, 0.717) is 22.0 Å². The molecule has 1 N–H and O–H groups in total. The van der Waals surface area contributed by atoms with Crippen molar-refractivity contribution in [2.24, 2.45) is 0 Å². The maximum atomic E-state index is 13.5. The van der Waals surface area contributed by atoms with Crippen molar-refractivity contribution < 1.29 is 23.8 Å². The van der Waals surface area contributed by atoms with Crippen molar-refractivity contribution in [1.82, 2.24) is 4.98 Å². The molecule has 2 heterocycles. The van der Waals surface area contributed by atoms with E-state index in [2.05, 4.69) is 11.6 Å². The molecule has 180 valence electrons. The van der Waals surface area contributed by atoms with Gasteiger partial charge in [-0.15, -0.1) is 0 Å². The molecule has 36 heavy (non-hydrogen) atoms. The normalized spacial score (nSPS) is 17.1. The van der Waals surface area contributed by atoms with E-state index in [9.17, 15) is 19.1 Å². The molecule has 1 aliphatic heterocycles. The topological polar surface area (TPSA) is 79.7 Å². The van der Waals surface area contributed by atoms with Gasteiger partial charge in [0.1, 0.15) is 23.9 Å². The van der Waals surface area contributed by atoms with Crippen LogP contribution in [0.1, 0.15) is 22.7 Å². The molecule has 1 unspecified atom stereocenters. The first-order valence-corrected chi connectivity index (χ1v) is 12.0. The molecule has 1 saturated heterocycles. The first kappa shape index (κ1) is 23.4. The minimum Gasteiger partial charge on any atom is -0.507 e. The fourth-order valence-corrected chi connectivity index (χ4v) is 5.25. The lowest BCUT2D eigenvalue weighted by atomic mass is 9.95. The quantitative estimate of drug-likeness (QED) is 0.154. The van der Waals surface area contributed by atoms with Crippen molar-refractivity contribution in [3.8, 4) is 5.75 Å². The smallest absolute Gasteiger partial charge is 0.301 e. The number of fused-ring (bicyclic) bond motifs is 1. The second kappa shape index (κ2) is 9.39. The lowest BCUT2D eigenvalue weighted by Crippen LogP contribution is -2.29. The second-order valence-corrected chi connectivity index (χ2v) is 9.32. The summed E-state index contributed by atoms with van der Waals surface area (Å²) in [6.45, 7) is 5.89. The number of rotatable bonds is 6. The van der Waals surface area contributed by atoms with Crippen molar-refractivity contribution >= 4 is 44.1 Å². The van der Waals surface area contributed by atoms with Gasteiger partial charge >= 0.3 is 5.91 Å². The number of aromatic nitrogens is 1. The number of aliphatic hydroxyl groups is 1.